The molecule has 114 valence electrons. The van der Waals surface area contributed by atoms with Crippen LogP contribution in [0.25, 0.3) is 0 Å². The molecule has 0 bridgehead atoms. The molecule has 0 aromatic carbocycles. The number of nitrogens with one attached hydrogen (secondary N) is 1. The number of rotatable bonds is 7. The first kappa shape index (κ1) is 16.5. The molecule has 1 heterocycles. The molecule has 1 atom stereocenters. The smallest absolute Gasteiger partial charge is 0.326 e. The fourth-order valence-corrected chi connectivity index (χ4v) is 1.73. The second-order valence-corrected chi connectivity index (χ2v) is 4.50. The lowest BCUT2D eigenvalue weighted by atomic mass is 10.1. The van der Waals surface area contributed by atoms with Gasteiger partial charge in [-0.1, -0.05) is 6.92 Å². The number of hydrogen-bond acceptors (Lipinski definition) is 5. The van der Waals surface area contributed by atoms with Crippen molar-refractivity contribution in [1.29, 1.82) is 0 Å². The van der Waals surface area contributed by atoms with Crippen LogP contribution in [0.5, 0.6) is 0 Å². The van der Waals surface area contributed by atoms with Crippen LogP contribution in [-0.4, -0.2) is 44.3 Å². The highest BCUT2D eigenvalue weighted by molar-refractivity contribution is 5.97. The number of carbonyl (C=O) groups excluding carboxylic acids is 1. The molecule has 1 aromatic heterocycles. The minimum atomic E-state index is -1.28. The van der Waals surface area contributed by atoms with E-state index in [1.165, 1.54) is 6.07 Å². The van der Waals surface area contributed by atoms with Gasteiger partial charge in [0.25, 0.3) is 5.91 Å². The number of amides is 1. The van der Waals surface area contributed by atoms with Crippen molar-refractivity contribution >= 4 is 17.8 Å². The van der Waals surface area contributed by atoms with Crippen LogP contribution in [0, 0.1) is 6.92 Å². The van der Waals surface area contributed by atoms with Gasteiger partial charge in [0.15, 0.2) is 0 Å². The summed E-state index contributed by atoms with van der Waals surface area (Å²) in [6.07, 6.45) is -0.0518. The summed E-state index contributed by atoms with van der Waals surface area (Å²) in [6.45, 7) is 3.47. The van der Waals surface area contributed by atoms with Crippen LogP contribution in [-0.2, 0) is 16.0 Å². The van der Waals surface area contributed by atoms with E-state index in [4.69, 9.17) is 10.2 Å². The summed E-state index contributed by atoms with van der Waals surface area (Å²) < 4.78 is 0. The Bertz CT molecular complexity index is 559. The van der Waals surface area contributed by atoms with Gasteiger partial charge in [0, 0.05) is 6.42 Å². The molecule has 1 amide bonds. The summed E-state index contributed by atoms with van der Waals surface area (Å²) >= 11 is 0. The third kappa shape index (κ3) is 4.83. The predicted molar refractivity (Wildman–Crippen MR) is 71.9 cm³/mol. The number of aliphatic carboxylic acids is 2. The monoisotopic (exact) mass is 295 g/mol. The van der Waals surface area contributed by atoms with Gasteiger partial charge in [-0.05, 0) is 25.8 Å². The van der Waals surface area contributed by atoms with E-state index >= 15 is 0 Å². The number of carboxylic acid groups (broad SMARTS) is 2. The number of carboxylic acids is 2. The van der Waals surface area contributed by atoms with E-state index in [0.717, 1.165) is 0 Å². The first-order valence-electron chi connectivity index (χ1n) is 6.43. The number of hydrogen-bond donors (Lipinski definition) is 3. The fraction of sp³-hybridized carbons (Fsp3) is 0.462. The highest BCUT2D eigenvalue weighted by atomic mass is 16.4. The Kier molecular flexibility index (Phi) is 5.77. The van der Waals surface area contributed by atoms with Crippen LogP contribution < -0.4 is 5.32 Å². The zero-order valence-corrected chi connectivity index (χ0v) is 11.8. The molecule has 1 rings (SSSR count). The van der Waals surface area contributed by atoms with E-state index in [1.807, 2.05) is 0 Å². The first-order valence-corrected chi connectivity index (χ1v) is 6.43. The van der Waals surface area contributed by atoms with Crippen molar-refractivity contribution in [2.24, 2.45) is 0 Å². The quantitative estimate of drug-likeness (QED) is 0.663. The molecule has 0 fully saturated rings. The van der Waals surface area contributed by atoms with Crippen LogP contribution >= 0.6 is 0 Å². The van der Waals surface area contributed by atoms with Gasteiger partial charge in [0.1, 0.15) is 6.04 Å². The molecule has 0 saturated carbocycles. The molecule has 21 heavy (non-hydrogen) atoms. The van der Waals surface area contributed by atoms with Gasteiger partial charge in [-0.2, -0.15) is 10.2 Å². The summed E-state index contributed by atoms with van der Waals surface area (Å²) in [4.78, 5) is 33.7. The number of nitrogens with zero attached hydrogens (tertiary/aromatic N) is 2. The average molecular weight is 295 g/mol. The molecule has 0 aliphatic carbocycles. The summed E-state index contributed by atoms with van der Waals surface area (Å²) in [5.74, 6) is -2.99. The van der Waals surface area contributed by atoms with E-state index in [0.29, 0.717) is 17.8 Å². The SMILES string of the molecule is CCc1nnc(C)cc1C(=O)N[C@@H](CCC(=O)O)C(=O)O. The third-order valence-corrected chi connectivity index (χ3v) is 2.82. The Hall–Kier alpha value is -2.51. The van der Waals surface area contributed by atoms with Crippen LogP contribution in [0.4, 0.5) is 0 Å². The summed E-state index contributed by atoms with van der Waals surface area (Å²) in [5, 5.41) is 27.7. The maximum Gasteiger partial charge on any atom is 0.326 e. The van der Waals surface area contributed by atoms with Gasteiger partial charge in [-0.15, -0.1) is 0 Å². The summed E-state index contributed by atoms with van der Waals surface area (Å²) in [6, 6.07) is 0.267. The molecule has 0 radical (unpaired) electrons. The van der Waals surface area contributed by atoms with Crippen LogP contribution in [0.3, 0.4) is 0 Å². The molecule has 3 N–H and O–H groups in total. The average Bonchev–Trinajstić information content (AvgIpc) is 2.42. The van der Waals surface area contributed by atoms with E-state index in [-0.39, 0.29) is 18.4 Å². The Morgan fingerprint density at radius 3 is 2.48 bits per heavy atom. The van der Waals surface area contributed by atoms with Gasteiger partial charge >= 0.3 is 11.9 Å². The first-order chi connectivity index (χ1) is 9.85. The molecule has 0 aliphatic heterocycles. The molecular formula is C13H17N3O5. The molecule has 1 aromatic rings. The topological polar surface area (TPSA) is 129 Å². The van der Waals surface area contributed by atoms with Crippen LogP contribution in [0.15, 0.2) is 6.07 Å². The number of aromatic nitrogens is 2. The van der Waals surface area contributed by atoms with Gasteiger partial charge in [0.2, 0.25) is 0 Å². The number of carbonyl (C=O) groups is 3. The Balaban J connectivity index is 2.89. The van der Waals surface area contributed by atoms with E-state index in [1.54, 1.807) is 13.8 Å². The Morgan fingerprint density at radius 1 is 1.29 bits per heavy atom. The van der Waals surface area contributed by atoms with Gasteiger partial charge in [-0.3, -0.25) is 9.59 Å². The predicted octanol–water partition coefficient (Wildman–Crippen LogP) is 0.395. The lowest BCUT2D eigenvalue weighted by molar-refractivity contribution is -0.140. The van der Waals surface area contributed by atoms with Crippen LogP contribution in [0.1, 0.15) is 41.5 Å². The molecule has 0 spiro atoms. The molecular weight excluding hydrogens is 278 g/mol. The zero-order chi connectivity index (χ0) is 16.0. The lowest BCUT2D eigenvalue weighted by Gasteiger charge is -2.14. The van der Waals surface area contributed by atoms with Crippen molar-refractivity contribution in [3.8, 4) is 0 Å². The highest BCUT2D eigenvalue weighted by Crippen LogP contribution is 2.09. The fourth-order valence-electron chi connectivity index (χ4n) is 1.73. The normalized spacial score (nSPS) is 11.7. The van der Waals surface area contributed by atoms with Crippen molar-refractivity contribution in [1.82, 2.24) is 15.5 Å². The molecule has 8 nitrogen and oxygen atoms in total. The number of aryl methyl sites for hydroxylation is 2. The van der Waals surface area contributed by atoms with Crippen molar-refractivity contribution in [2.75, 3.05) is 0 Å². The molecule has 0 aliphatic rings. The maximum absolute atomic E-state index is 12.1. The maximum atomic E-state index is 12.1. The molecule has 0 unspecified atom stereocenters. The van der Waals surface area contributed by atoms with Crippen molar-refractivity contribution < 1.29 is 24.6 Å². The van der Waals surface area contributed by atoms with E-state index < -0.39 is 23.9 Å². The Morgan fingerprint density at radius 2 is 1.95 bits per heavy atom. The summed E-state index contributed by atoms with van der Waals surface area (Å²) in [7, 11) is 0. The highest BCUT2D eigenvalue weighted by Gasteiger charge is 2.23. The largest absolute Gasteiger partial charge is 0.481 e. The van der Waals surface area contributed by atoms with Gasteiger partial charge in [-0.25, -0.2) is 4.79 Å². The minimum absolute atomic E-state index is 0.185. The van der Waals surface area contributed by atoms with Crippen LogP contribution in [0.2, 0.25) is 0 Å². The van der Waals surface area contributed by atoms with Gasteiger partial charge in [0.05, 0.1) is 17.0 Å². The van der Waals surface area contributed by atoms with E-state index in [9.17, 15) is 14.4 Å². The second kappa shape index (κ2) is 7.32. The molecule has 0 saturated heterocycles. The molecule has 8 heteroatoms. The minimum Gasteiger partial charge on any atom is -0.481 e. The van der Waals surface area contributed by atoms with Crippen molar-refractivity contribution in [3.63, 3.8) is 0 Å². The van der Waals surface area contributed by atoms with E-state index in [2.05, 4.69) is 15.5 Å². The zero-order valence-electron chi connectivity index (χ0n) is 11.8. The third-order valence-electron chi connectivity index (χ3n) is 2.82. The van der Waals surface area contributed by atoms with Crippen molar-refractivity contribution in [2.45, 2.75) is 39.2 Å². The summed E-state index contributed by atoms with van der Waals surface area (Å²) in [5.41, 5.74) is 1.25. The van der Waals surface area contributed by atoms with Crippen molar-refractivity contribution in [3.05, 3.63) is 23.0 Å². The standard InChI is InChI=1S/C13H17N3O5/c1-3-9-8(6-7(2)15-16-9)12(19)14-10(13(20)21)4-5-11(17)18/h6,10H,3-5H2,1-2H3,(H,14,19)(H,17,18)(H,20,21)/t10-/m0/s1. The lowest BCUT2D eigenvalue weighted by Crippen LogP contribution is -2.41. The van der Waals surface area contributed by atoms with Gasteiger partial charge < -0.3 is 15.5 Å². The Labute approximate surface area is 121 Å². The second-order valence-electron chi connectivity index (χ2n) is 4.50.